The molecule has 106 valence electrons. The van der Waals surface area contributed by atoms with Crippen molar-refractivity contribution in [2.45, 2.75) is 38.8 Å². The van der Waals surface area contributed by atoms with Gasteiger partial charge in [-0.25, -0.2) is 15.0 Å². The fraction of sp³-hybridized carbons (Fsp3) is 0.533. The fourth-order valence-corrected chi connectivity index (χ4v) is 2.97. The number of hydrogen-bond acceptors (Lipinski definition) is 4. The van der Waals surface area contributed by atoms with Crippen LogP contribution in [0.15, 0.2) is 24.8 Å². The van der Waals surface area contributed by atoms with E-state index >= 15 is 0 Å². The number of imidazole rings is 1. The Morgan fingerprint density at radius 1 is 1.40 bits per heavy atom. The van der Waals surface area contributed by atoms with Gasteiger partial charge in [-0.1, -0.05) is 0 Å². The van der Waals surface area contributed by atoms with Crippen molar-refractivity contribution in [3.05, 3.63) is 42.0 Å². The summed E-state index contributed by atoms with van der Waals surface area (Å²) in [7, 11) is 2.04. The maximum atomic E-state index is 4.65. The Bertz CT molecular complexity index is 606. The maximum Gasteiger partial charge on any atom is 0.148 e. The van der Waals surface area contributed by atoms with Crippen molar-refractivity contribution in [3.8, 4) is 0 Å². The molecule has 0 saturated carbocycles. The minimum absolute atomic E-state index is 0.0731. The average molecular weight is 271 g/mol. The molecule has 0 N–H and O–H groups in total. The van der Waals surface area contributed by atoms with Crippen LogP contribution in [0.3, 0.4) is 0 Å². The predicted octanol–water partition coefficient (Wildman–Crippen LogP) is 2.03. The average Bonchev–Trinajstić information content (AvgIpc) is 2.99. The van der Waals surface area contributed by atoms with Gasteiger partial charge in [0.25, 0.3) is 0 Å². The summed E-state index contributed by atoms with van der Waals surface area (Å²) in [6.45, 7) is 6.25. The van der Waals surface area contributed by atoms with Crippen molar-refractivity contribution in [1.29, 1.82) is 0 Å². The van der Waals surface area contributed by atoms with Crippen LogP contribution in [0.25, 0.3) is 0 Å². The van der Waals surface area contributed by atoms with E-state index in [4.69, 9.17) is 0 Å². The lowest BCUT2D eigenvalue weighted by atomic mass is 9.97. The Balaban J connectivity index is 1.89. The van der Waals surface area contributed by atoms with Crippen molar-refractivity contribution in [2.24, 2.45) is 7.05 Å². The van der Waals surface area contributed by atoms with Crippen LogP contribution in [0, 0.1) is 6.92 Å². The van der Waals surface area contributed by atoms with Crippen molar-refractivity contribution >= 4 is 0 Å². The topological polar surface area (TPSA) is 46.8 Å². The van der Waals surface area contributed by atoms with Gasteiger partial charge in [-0.15, -0.1) is 0 Å². The molecule has 2 aromatic heterocycles. The number of rotatable bonds is 3. The summed E-state index contributed by atoms with van der Waals surface area (Å²) in [5.74, 6) is 0.942. The van der Waals surface area contributed by atoms with E-state index in [1.165, 1.54) is 12.1 Å². The summed E-state index contributed by atoms with van der Waals surface area (Å²) in [5.41, 5.74) is 2.19. The van der Waals surface area contributed by atoms with Gasteiger partial charge in [0.1, 0.15) is 5.82 Å². The quantitative estimate of drug-likeness (QED) is 0.857. The molecule has 1 saturated heterocycles. The second kappa shape index (κ2) is 4.98. The Kier molecular flexibility index (Phi) is 3.30. The molecule has 2 aromatic rings. The van der Waals surface area contributed by atoms with Crippen molar-refractivity contribution in [3.63, 3.8) is 0 Å². The number of likely N-dealkylation sites (tertiary alicyclic amines) is 1. The summed E-state index contributed by atoms with van der Waals surface area (Å²) in [6.07, 6.45) is 7.95. The van der Waals surface area contributed by atoms with Crippen LogP contribution in [0.4, 0.5) is 0 Å². The molecule has 0 spiro atoms. The zero-order valence-corrected chi connectivity index (χ0v) is 12.4. The van der Waals surface area contributed by atoms with Gasteiger partial charge < -0.3 is 4.57 Å². The van der Waals surface area contributed by atoms with E-state index in [0.717, 1.165) is 31.0 Å². The molecule has 0 aromatic carbocycles. The number of nitrogens with zero attached hydrogens (tertiary/aromatic N) is 5. The molecular formula is C15H21N5. The first kappa shape index (κ1) is 13.2. The standard InChI is InChI=1S/C15H21N5/c1-12-5-7-17-14(18-12)15(2)6-4-8-20(15)10-13-9-16-11-19(13)3/h5,7,9,11H,4,6,8,10H2,1-3H3/t15-/m1/s1. The van der Waals surface area contributed by atoms with Gasteiger partial charge in [-0.05, 0) is 39.3 Å². The molecule has 1 atom stereocenters. The molecule has 5 heteroatoms. The predicted molar refractivity (Wildman–Crippen MR) is 77.0 cm³/mol. The van der Waals surface area contributed by atoms with Gasteiger partial charge in [-0.2, -0.15) is 0 Å². The maximum absolute atomic E-state index is 4.65. The molecular weight excluding hydrogens is 250 g/mol. The number of aryl methyl sites for hydroxylation is 2. The Morgan fingerprint density at radius 2 is 2.25 bits per heavy atom. The summed E-state index contributed by atoms with van der Waals surface area (Å²) in [6, 6.07) is 1.95. The lowest BCUT2D eigenvalue weighted by Gasteiger charge is -2.33. The van der Waals surface area contributed by atoms with E-state index < -0.39 is 0 Å². The van der Waals surface area contributed by atoms with Crippen LogP contribution < -0.4 is 0 Å². The molecule has 1 aliphatic rings. The van der Waals surface area contributed by atoms with Gasteiger partial charge in [0.15, 0.2) is 0 Å². The zero-order chi connectivity index (χ0) is 14.2. The SMILES string of the molecule is Cc1ccnc([C@@]2(C)CCCN2Cc2cncn2C)n1. The highest BCUT2D eigenvalue weighted by Gasteiger charge is 2.40. The van der Waals surface area contributed by atoms with Gasteiger partial charge in [0.05, 0.1) is 17.6 Å². The van der Waals surface area contributed by atoms with E-state index in [0.29, 0.717) is 0 Å². The van der Waals surface area contributed by atoms with Crippen molar-refractivity contribution in [2.75, 3.05) is 6.54 Å². The zero-order valence-electron chi connectivity index (χ0n) is 12.4. The Labute approximate surface area is 119 Å². The summed E-state index contributed by atoms with van der Waals surface area (Å²) in [5, 5.41) is 0. The normalized spacial score (nSPS) is 23.4. The monoisotopic (exact) mass is 271 g/mol. The first-order chi connectivity index (χ1) is 9.59. The van der Waals surface area contributed by atoms with Gasteiger partial charge in [0, 0.05) is 31.7 Å². The molecule has 0 amide bonds. The first-order valence-electron chi connectivity index (χ1n) is 7.10. The lowest BCUT2D eigenvalue weighted by Crippen LogP contribution is -2.40. The molecule has 5 nitrogen and oxygen atoms in total. The van der Waals surface area contributed by atoms with Crippen molar-refractivity contribution in [1.82, 2.24) is 24.4 Å². The molecule has 3 heterocycles. The molecule has 0 unspecified atom stereocenters. The van der Waals surface area contributed by atoms with E-state index in [-0.39, 0.29) is 5.54 Å². The molecule has 0 bridgehead atoms. The molecule has 3 rings (SSSR count). The first-order valence-corrected chi connectivity index (χ1v) is 7.10. The second-order valence-electron chi connectivity index (χ2n) is 5.82. The van der Waals surface area contributed by atoms with Crippen LogP contribution in [0.1, 0.15) is 37.0 Å². The van der Waals surface area contributed by atoms with Gasteiger partial charge >= 0.3 is 0 Å². The third-order valence-corrected chi connectivity index (χ3v) is 4.34. The largest absolute Gasteiger partial charge is 0.337 e. The highest BCUT2D eigenvalue weighted by molar-refractivity contribution is 5.12. The van der Waals surface area contributed by atoms with Crippen LogP contribution in [0.5, 0.6) is 0 Å². The van der Waals surface area contributed by atoms with Gasteiger partial charge in [0.2, 0.25) is 0 Å². The molecule has 1 aliphatic heterocycles. The van der Waals surface area contributed by atoms with E-state index in [1.54, 1.807) is 0 Å². The molecule has 20 heavy (non-hydrogen) atoms. The van der Waals surface area contributed by atoms with E-state index in [2.05, 4.69) is 31.3 Å². The van der Waals surface area contributed by atoms with E-state index in [9.17, 15) is 0 Å². The lowest BCUT2D eigenvalue weighted by molar-refractivity contribution is 0.134. The molecule has 1 fully saturated rings. The highest BCUT2D eigenvalue weighted by Crippen LogP contribution is 2.37. The highest BCUT2D eigenvalue weighted by atomic mass is 15.3. The summed E-state index contributed by atoms with van der Waals surface area (Å²) >= 11 is 0. The minimum Gasteiger partial charge on any atom is -0.337 e. The Hall–Kier alpha value is -1.75. The molecule has 0 radical (unpaired) electrons. The van der Waals surface area contributed by atoms with E-state index in [1.807, 2.05) is 38.8 Å². The minimum atomic E-state index is -0.0731. The summed E-state index contributed by atoms with van der Waals surface area (Å²) < 4.78 is 2.08. The summed E-state index contributed by atoms with van der Waals surface area (Å²) in [4.78, 5) is 15.8. The number of aromatic nitrogens is 4. The number of hydrogen-bond donors (Lipinski definition) is 0. The van der Waals surface area contributed by atoms with Crippen LogP contribution in [-0.4, -0.2) is 31.0 Å². The fourth-order valence-electron chi connectivity index (χ4n) is 2.97. The third-order valence-electron chi connectivity index (χ3n) is 4.34. The van der Waals surface area contributed by atoms with Crippen LogP contribution >= 0.6 is 0 Å². The van der Waals surface area contributed by atoms with Crippen LogP contribution in [-0.2, 0) is 19.1 Å². The smallest absolute Gasteiger partial charge is 0.148 e. The van der Waals surface area contributed by atoms with Crippen LogP contribution in [0.2, 0.25) is 0 Å². The third kappa shape index (κ3) is 2.22. The second-order valence-corrected chi connectivity index (χ2v) is 5.82. The Morgan fingerprint density at radius 3 is 2.95 bits per heavy atom. The van der Waals surface area contributed by atoms with Crippen molar-refractivity contribution < 1.29 is 0 Å². The van der Waals surface area contributed by atoms with Gasteiger partial charge in [-0.3, -0.25) is 4.90 Å². The molecule has 0 aliphatic carbocycles.